The van der Waals surface area contributed by atoms with E-state index in [0.29, 0.717) is 22.9 Å². The van der Waals surface area contributed by atoms with E-state index in [2.05, 4.69) is 25.9 Å². The first kappa shape index (κ1) is 18.1. The quantitative estimate of drug-likeness (QED) is 0.720. The number of aryl methyl sites for hydroxylation is 3. The minimum atomic E-state index is -0.784. The number of thiazole rings is 1. The van der Waals surface area contributed by atoms with Crippen LogP contribution in [0.3, 0.4) is 0 Å². The normalized spacial score (nSPS) is 16.1. The zero-order valence-electron chi connectivity index (χ0n) is 16.3. The Morgan fingerprint density at radius 3 is 2.93 bits per heavy atom. The molecule has 1 atom stereocenters. The Morgan fingerprint density at radius 2 is 2.14 bits per heavy atom. The van der Waals surface area contributed by atoms with Crippen molar-refractivity contribution in [1.29, 1.82) is 0 Å². The predicted octanol–water partition coefficient (Wildman–Crippen LogP) is 3.24. The Hall–Kier alpha value is -3.00. The summed E-state index contributed by atoms with van der Waals surface area (Å²) in [5, 5.41) is 5.20. The molecule has 2 amide bonds. The number of anilines is 1. The molecule has 3 aromatic rings. The van der Waals surface area contributed by atoms with Gasteiger partial charge in [-0.3, -0.25) is 14.9 Å². The highest BCUT2D eigenvalue weighted by molar-refractivity contribution is 7.13. The van der Waals surface area contributed by atoms with E-state index in [1.54, 1.807) is 17.4 Å². The number of amides is 2. The lowest BCUT2D eigenvalue weighted by Gasteiger charge is -2.26. The second kappa shape index (κ2) is 6.81. The van der Waals surface area contributed by atoms with Crippen molar-refractivity contribution in [3.8, 4) is 0 Å². The number of nitrogens with one attached hydrogen (secondary N) is 1. The summed E-state index contributed by atoms with van der Waals surface area (Å²) in [6, 6.07) is 3.21. The van der Waals surface area contributed by atoms with Crippen LogP contribution in [0.4, 0.5) is 5.13 Å². The monoisotopic (exact) mass is 407 g/mol. The molecular formula is C21H21N5O2S. The summed E-state index contributed by atoms with van der Waals surface area (Å²) in [6.07, 6.45) is 5.32. The maximum Gasteiger partial charge on any atom is 0.255 e. The van der Waals surface area contributed by atoms with Crippen molar-refractivity contribution >= 4 is 28.3 Å². The van der Waals surface area contributed by atoms with E-state index in [1.807, 2.05) is 25.3 Å². The Labute approximate surface area is 172 Å². The molecule has 0 fully saturated rings. The average molecular weight is 407 g/mol. The summed E-state index contributed by atoms with van der Waals surface area (Å²) in [4.78, 5) is 37.1. The molecule has 29 heavy (non-hydrogen) atoms. The standard InChI is InChI=1S/C21H21N5O2S/c1-12-8-13(2)15-10-26(20(28)14(15)9-12)18(19(27)24-21-22-5-7-29-21)17-16-4-3-6-25(16)11-23-17/h5,7-9,11,18H,3-4,6,10H2,1-2H3,(H,22,24,27). The third-order valence-corrected chi connectivity index (χ3v) is 6.40. The Morgan fingerprint density at radius 1 is 1.28 bits per heavy atom. The summed E-state index contributed by atoms with van der Waals surface area (Å²) in [5.74, 6) is -0.394. The van der Waals surface area contributed by atoms with Gasteiger partial charge in [-0.2, -0.15) is 0 Å². The van der Waals surface area contributed by atoms with E-state index in [-0.39, 0.29) is 11.8 Å². The van der Waals surface area contributed by atoms with Crippen molar-refractivity contribution in [2.24, 2.45) is 0 Å². The number of carbonyl (C=O) groups excluding carboxylic acids is 2. The Balaban J connectivity index is 1.56. The highest BCUT2D eigenvalue weighted by Gasteiger charge is 2.41. The molecule has 8 heteroatoms. The van der Waals surface area contributed by atoms with E-state index in [9.17, 15) is 9.59 Å². The molecule has 0 radical (unpaired) electrons. The molecular weight excluding hydrogens is 386 g/mol. The van der Waals surface area contributed by atoms with Crippen LogP contribution >= 0.6 is 11.3 Å². The lowest BCUT2D eigenvalue weighted by molar-refractivity contribution is -0.121. The maximum absolute atomic E-state index is 13.4. The van der Waals surface area contributed by atoms with Crippen LogP contribution in [0.1, 0.15) is 50.9 Å². The fraction of sp³-hybridized carbons (Fsp3) is 0.333. The molecule has 2 aliphatic heterocycles. The van der Waals surface area contributed by atoms with Crippen LogP contribution in [0, 0.1) is 13.8 Å². The van der Waals surface area contributed by atoms with Crippen LogP contribution in [-0.4, -0.2) is 31.2 Å². The summed E-state index contributed by atoms with van der Waals surface area (Å²) in [7, 11) is 0. The SMILES string of the molecule is Cc1cc(C)c2c(c1)C(=O)N(C(C(=O)Nc1nccs1)c1ncn3c1CCC3)C2. The van der Waals surface area contributed by atoms with Crippen LogP contribution in [0.2, 0.25) is 0 Å². The molecule has 2 aromatic heterocycles. The van der Waals surface area contributed by atoms with E-state index in [1.165, 1.54) is 11.3 Å². The largest absolute Gasteiger partial charge is 0.334 e. The zero-order chi connectivity index (χ0) is 20.1. The molecule has 2 aliphatic rings. The second-order valence-corrected chi connectivity index (χ2v) is 8.54. The van der Waals surface area contributed by atoms with Crippen molar-refractivity contribution in [3.63, 3.8) is 0 Å². The lowest BCUT2D eigenvalue weighted by Crippen LogP contribution is -2.38. The number of imidazole rings is 1. The van der Waals surface area contributed by atoms with Gasteiger partial charge in [0.05, 0.1) is 12.0 Å². The molecule has 0 saturated heterocycles. The van der Waals surface area contributed by atoms with Gasteiger partial charge in [0.15, 0.2) is 11.2 Å². The first-order valence-corrected chi connectivity index (χ1v) is 10.6. The topological polar surface area (TPSA) is 80.1 Å². The highest BCUT2D eigenvalue weighted by Crippen LogP contribution is 2.36. The average Bonchev–Trinajstić information content (AvgIpc) is 3.44. The number of rotatable bonds is 4. The van der Waals surface area contributed by atoms with Crippen LogP contribution in [0.15, 0.2) is 30.0 Å². The van der Waals surface area contributed by atoms with Crippen LogP contribution in [0.25, 0.3) is 0 Å². The lowest BCUT2D eigenvalue weighted by atomic mass is 10.0. The van der Waals surface area contributed by atoms with Gasteiger partial charge < -0.3 is 9.47 Å². The molecule has 5 rings (SSSR count). The number of hydrogen-bond donors (Lipinski definition) is 1. The minimum absolute atomic E-state index is 0.120. The summed E-state index contributed by atoms with van der Waals surface area (Å²) < 4.78 is 2.09. The van der Waals surface area contributed by atoms with Crippen molar-refractivity contribution < 1.29 is 9.59 Å². The first-order chi connectivity index (χ1) is 14.0. The van der Waals surface area contributed by atoms with Crippen molar-refractivity contribution in [1.82, 2.24) is 19.4 Å². The van der Waals surface area contributed by atoms with Crippen molar-refractivity contribution in [2.45, 2.75) is 45.8 Å². The highest BCUT2D eigenvalue weighted by atomic mass is 32.1. The third-order valence-electron chi connectivity index (χ3n) is 5.71. The van der Waals surface area contributed by atoms with E-state index in [4.69, 9.17) is 0 Å². The molecule has 1 N–H and O–H groups in total. The molecule has 7 nitrogen and oxygen atoms in total. The number of aromatic nitrogens is 3. The van der Waals surface area contributed by atoms with Crippen LogP contribution < -0.4 is 5.32 Å². The van der Waals surface area contributed by atoms with Gasteiger partial charge in [0.2, 0.25) is 0 Å². The fourth-order valence-electron chi connectivity index (χ4n) is 4.41. The second-order valence-electron chi connectivity index (χ2n) is 7.64. The van der Waals surface area contributed by atoms with Gasteiger partial charge >= 0.3 is 0 Å². The van der Waals surface area contributed by atoms with E-state index >= 15 is 0 Å². The van der Waals surface area contributed by atoms with Gasteiger partial charge in [0, 0.05) is 35.9 Å². The number of hydrogen-bond acceptors (Lipinski definition) is 5. The Bertz CT molecular complexity index is 1120. The van der Waals surface area contributed by atoms with Gasteiger partial charge in [-0.15, -0.1) is 11.3 Å². The summed E-state index contributed by atoms with van der Waals surface area (Å²) in [5.41, 5.74) is 5.51. The molecule has 0 aliphatic carbocycles. The minimum Gasteiger partial charge on any atom is -0.334 e. The smallest absolute Gasteiger partial charge is 0.255 e. The number of nitrogens with zero attached hydrogens (tertiary/aromatic N) is 4. The van der Waals surface area contributed by atoms with Crippen molar-refractivity contribution in [2.75, 3.05) is 5.32 Å². The van der Waals surface area contributed by atoms with E-state index < -0.39 is 6.04 Å². The number of benzene rings is 1. The van der Waals surface area contributed by atoms with Gasteiger partial charge in [-0.25, -0.2) is 9.97 Å². The Kier molecular flexibility index (Phi) is 4.24. The summed E-state index contributed by atoms with van der Waals surface area (Å²) in [6.45, 7) is 5.30. The van der Waals surface area contributed by atoms with Gasteiger partial charge in [0.25, 0.3) is 11.8 Å². The number of carbonyl (C=O) groups is 2. The van der Waals surface area contributed by atoms with Crippen LogP contribution in [0.5, 0.6) is 0 Å². The molecule has 0 bridgehead atoms. The molecule has 1 aromatic carbocycles. The zero-order valence-corrected chi connectivity index (χ0v) is 17.1. The molecule has 4 heterocycles. The summed E-state index contributed by atoms with van der Waals surface area (Å²) >= 11 is 1.35. The van der Waals surface area contributed by atoms with E-state index in [0.717, 1.165) is 41.8 Å². The van der Waals surface area contributed by atoms with Gasteiger partial charge in [-0.1, -0.05) is 11.6 Å². The first-order valence-electron chi connectivity index (χ1n) is 9.68. The maximum atomic E-state index is 13.4. The van der Waals surface area contributed by atoms with Gasteiger partial charge in [-0.05, 0) is 43.9 Å². The molecule has 148 valence electrons. The molecule has 1 unspecified atom stereocenters. The van der Waals surface area contributed by atoms with Crippen molar-refractivity contribution in [3.05, 3.63) is 63.7 Å². The molecule has 0 saturated carbocycles. The molecule has 0 spiro atoms. The fourth-order valence-corrected chi connectivity index (χ4v) is 4.94. The predicted molar refractivity (Wildman–Crippen MR) is 110 cm³/mol. The number of fused-ring (bicyclic) bond motifs is 2. The van der Waals surface area contributed by atoms with Gasteiger partial charge in [0.1, 0.15) is 0 Å². The third kappa shape index (κ3) is 2.95. The van der Waals surface area contributed by atoms with Crippen LogP contribution in [-0.2, 0) is 24.3 Å².